The topological polar surface area (TPSA) is 74.6 Å². The highest BCUT2D eigenvalue weighted by atomic mass is 35.5. The number of carboxylic acid groups (broad SMARTS) is 2. The number of carbonyl (C=O) groups is 2. The van der Waals surface area contributed by atoms with Crippen molar-refractivity contribution in [1.82, 2.24) is 0 Å². The van der Waals surface area contributed by atoms with Crippen LogP contribution in [0.5, 0.6) is 0 Å². The van der Waals surface area contributed by atoms with Crippen LogP contribution in [-0.4, -0.2) is 22.2 Å². The first-order valence-corrected chi connectivity index (χ1v) is 4.15. The lowest BCUT2D eigenvalue weighted by Gasteiger charge is -2.04. The van der Waals surface area contributed by atoms with Gasteiger partial charge in [0, 0.05) is 0 Å². The van der Waals surface area contributed by atoms with Gasteiger partial charge in [-0.25, -0.2) is 9.59 Å². The minimum atomic E-state index is -1.42. The minimum absolute atomic E-state index is 0.00840. The van der Waals surface area contributed by atoms with Crippen molar-refractivity contribution in [1.29, 1.82) is 0 Å². The summed E-state index contributed by atoms with van der Waals surface area (Å²) in [5.74, 6) is -2.78. The molecule has 0 heterocycles. The van der Waals surface area contributed by atoms with Crippen LogP contribution in [0.15, 0.2) is 12.1 Å². The molecule has 0 saturated heterocycles. The summed E-state index contributed by atoms with van der Waals surface area (Å²) in [5.41, 5.74) is -0.876. The molecule has 1 aromatic rings. The Labute approximate surface area is 88.7 Å². The molecule has 1 aromatic carbocycles. The van der Waals surface area contributed by atoms with Crippen LogP contribution in [0.25, 0.3) is 0 Å². The van der Waals surface area contributed by atoms with E-state index < -0.39 is 17.5 Å². The number of hydrogen-bond donors (Lipinski definition) is 2. The highest BCUT2D eigenvalue weighted by molar-refractivity contribution is 6.44. The molecule has 4 nitrogen and oxygen atoms in total. The molecule has 0 spiro atoms. The van der Waals surface area contributed by atoms with E-state index in [1.165, 1.54) is 6.07 Å². The molecular formula is C8H4Cl2O4. The summed E-state index contributed by atoms with van der Waals surface area (Å²) in [7, 11) is 0. The standard InChI is InChI=1S/C8H4Cl2O4/c9-4-2-1-3(7(11)12)5(6(4)10)8(13)14/h1-2H,(H,11,12)(H,13,14). The van der Waals surface area contributed by atoms with Crippen LogP contribution in [0.4, 0.5) is 0 Å². The molecule has 0 aromatic heterocycles. The van der Waals surface area contributed by atoms with Gasteiger partial charge in [-0.3, -0.25) is 0 Å². The number of carboxylic acids is 2. The number of aromatic carboxylic acids is 2. The summed E-state index contributed by atoms with van der Waals surface area (Å²) >= 11 is 11.1. The second kappa shape index (κ2) is 3.86. The summed E-state index contributed by atoms with van der Waals surface area (Å²) < 4.78 is 0. The Morgan fingerprint density at radius 2 is 1.64 bits per heavy atom. The fraction of sp³-hybridized carbons (Fsp3) is 0. The van der Waals surface area contributed by atoms with Crippen molar-refractivity contribution in [3.63, 3.8) is 0 Å². The number of hydrogen-bond acceptors (Lipinski definition) is 2. The minimum Gasteiger partial charge on any atom is -0.478 e. The van der Waals surface area contributed by atoms with Crippen LogP contribution in [-0.2, 0) is 0 Å². The first-order valence-electron chi connectivity index (χ1n) is 3.39. The lowest BCUT2D eigenvalue weighted by molar-refractivity contribution is 0.0651. The Hall–Kier alpha value is -1.26. The molecule has 0 aliphatic rings. The monoisotopic (exact) mass is 234 g/mol. The van der Waals surface area contributed by atoms with Crippen LogP contribution >= 0.6 is 23.2 Å². The van der Waals surface area contributed by atoms with Crippen molar-refractivity contribution in [2.75, 3.05) is 0 Å². The lowest BCUT2D eigenvalue weighted by Crippen LogP contribution is -2.08. The van der Waals surface area contributed by atoms with E-state index in [1.807, 2.05) is 0 Å². The van der Waals surface area contributed by atoms with Gasteiger partial charge in [0.05, 0.1) is 21.2 Å². The molecule has 0 bridgehead atoms. The normalized spacial score (nSPS) is 9.86. The van der Waals surface area contributed by atoms with Gasteiger partial charge in [0.1, 0.15) is 0 Å². The largest absolute Gasteiger partial charge is 0.478 e. The van der Waals surface area contributed by atoms with Gasteiger partial charge in [-0.05, 0) is 12.1 Å². The number of halogens is 2. The van der Waals surface area contributed by atoms with E-state index in [2.05, 4.69) is 0 Å². The van der Waals surface area contributed by atoms with Crippen LogP contribution in [0.2, 0.25) is 10.0 Å². The van der Waals surface area contributed by atoms with Gasteiger partial charge < -0.3 is 10.2 Å². The molecule has 1 rings (SSSR count). The van der Waals surface area contributed by atoms with Crippen LogP contribution in [0.1, 0.15) is 20.7 Å². The van der Waals surface area contributed by atoms with Crippen molar-refractivity contribution in [2.24, 2.45) is 0 Å². The predicted octanol–water partition coefficient (Wildman–Crippen LogP) is 2.39. The highest BCUT2D eigenvalue weighted by Gasteiger charge is 2.21. The fourth-order valence-electron chi connectivity index (χ4n) is 0.938. The summed E-state index contributed by atoms with van der Waals surface area (Å²) in [5, 5.41) is 17.1. The van der Waals surface area contributed by atoms with E-state index in [9.17, 15) is 9.59 Å². The maximum Gasteiger partial charge on any atom is 0.338 e. The molecular weight excluding hydrogens is 231 g/mol. The molecule has 0 aliphatic heterocycles. The van der Waals surface area contributed by atoms with E-state index in [0.29, 0.717) is 0 Å². The van der Waals surface area contributed by atoms with Crippen molar-refractivity contribution in [3.05, 3.63) is 33.3 Å². The van der Waals surface area contributed by atoms with Crippen molar-refractivity contribution >= 4 is 35.1 Å². The SMILES string of the molecule is O=C(O)c1ccc(Cl)c(Cl)c1C(=O)O. The number of benzene rings is 1. The Bertz CT molecular complexity index is 414. The first kappa shape index (κ1) is 10.8. The van der Waals surface area contributed by atoms with E-state index in [-0.39, 0.29) is 15.6 Å². The summed E-state index contributed by atoms with van der Waals surface area (Å²) in [4.78, 5) is 21.3. The summed E-state index contributed by atoms with van der Waals surface area (Å²) in [6.07, 6.45) is 0. The molecule has 2 N–H and O–H groups in total. The van der Waals surface area contributed by atoms with Gasteiger partial charge in [0.2, 0.25) is 0 Å². The molecule has 14 heavy (non-hydrogen) atoms. The van der Waals surface area contributed by atoms with E-state index in [4.69, 9.17) is 33.4 Å². The maximum atomic E-state index is 10.7. The molecule has 0 fully saturated rings. The molecule has 74 valence electrons. The van der Waals surface area contributed by atoms with E-state index in [1.54, 1.807) is 0 Å². The van der Waals surface area contributed by atoms with E-state index in [0.717, 1.165) is 6.07 Å². The Balaban J connectivity index is 3.53. The quantitative estimate of drug-likeness (QED) is 0.825. The fourth-order valence-corrected chi connectivity index (χ4v) is 1.34. The molecule has 0 aliphatic carbocycles. The molecule has 0 atom stereocenters. The molecule has 0 radical (unpaired) electrons. The highest BCUT2D eigenvalue weighted by Crippen LogP contribution is 2.28. The molecule has 0 unspecified atom stereocenters. The Morgan fingerprint density at radius 3 is 2.07 bits per heavy atom. The molecule has 0 saturated carbocycles. The summed E-state index contributed by atoms with van der Waals surface area (Å²) in [6.45, 7) is 0. The third-order valence-corrected chi connectivity index (χ3v) is 2.34. The first-order chi connectivity index (χ1) is 6.45. The lowest BCUT2D eigenvalue weighted by atomic mass is 10.1. The average Bonchev–Trinajstić information content (AvgIpc) is 2.08. The zero-order valence-electron chi connectivity index (χ0n) is 6.62. The van der Waals surface area contributed by atoms with Crippen LogP contribution < -0.4 is 0 Å². The van der Waals surface area contributed by atoms with E-state index >= 15 is 0 Å². The average molecular weight is 235 g/mol. The third-order valence-electron chi connectivity index (χ3n) is 1.54. The van der Waals surface area contributed by atoms with Gasteiger partial charge in [0.25, 0.3) is 0 Å². The smallest absolute Gasteiger partial charge is 0.338 e. The zero-order chi connectivity index (χ0) is 10.9. The van der Waals surface area contributed by atoms with Crippen LogP contribution in [0.3, 0.4) is 0 Å². The van der Waals surface area contributed by atoms with Crippen LogP contribution in [0, 0.1) is 0 Å². The van der Waals surface area contributed by atoms with Gasteiger partial charge in [0.15, 0.2) is 0 Å². The van der Waals surface area contributed by atoms with Gasteiger partial charge in [-0.1, -0.05) is 23.2 Å². The zero-order valence-corrected chi connectivity index (χ0v) is 8.13. The second-order valence-electron chi connectivity index (χ2n) is 2.39. The summed E-state index contributed by atoms with van der Waals surface area (Å²) in [6, 6.07) is 2.33. The van der Waals surface area contributed by atoms with Crippen molar-refractivity contribution < 1.29 is 19.8 Å². The molecule has 0 amide bonds. The van der Waals surface area contributed by atoms with Crippen molar-refractivity contribution in [3.8, 4) is 0 Å². The van der Waals surface area contributed by atoms with Gasteiger partial charge in [-0.2, -0.15) is 0 Å². The molecule has 6 heteroatoms. The van der Waals surface area contributed by atoms with Gasteiger partial charge >= 0.3 is 11.9 Å². The third kappa shape index (κ3) is 1.81. The second-order valence-corrected chi connectivity index (χ2v) is 3.18. The Kier molecular flexibility index (Phi) is 2.98. The van der Waals surface area contributed by atoms with Gasteiger partial charge in [-0.15, -0.1) is 0 Å². The predicted molar refractivity (Wildman–Crippen MR) is 50.4 cm³/mol. The number of rotatable bonds is 2. The Morgan fingerprint density at radius 1 is 1.07 bits per heavy atom. The van der Waals surface area contributed by atoms with Crippen molar-refractivity contribution in [2.45, 2.75) is 0 Å². The maximum absolute atomic E-state index is 10.7.